The van der Waals surface area contributed by atoms with E-state index in [0.29, 0.717) is 17.2 Å². The summed E-state index contributed by atoms with van der Waals surface area (Å²) in [5, 5.41) is 10.4. The van der Waals surface area contributed by atoms with Gasteiger partial charge < -0.3 is 15.0 Å². The Morgan fingerprint density at radius 2 is 2.12 bits per heavy atom. The summed E-state index contributed by atoms with van der Waals surface area (Å²) in [6, 6.07) is 4.11. The van der Waals surface area contributed by atoms with Gasteiger partial charge in [0.25, 0.3) is 0 Å². The molecule has 26 heavy (non-hydrogen) atoms. The first-order valence-electron chi connectivity index (χ1n) is 8.41. The van der Waals surface area contributed by atoms with Crippen LogP contribution in [-0.2, 0) is 11.3 Å². The Bertz CT molecular complexity index is 1000. The topological polar surface area (TPSA) is 103 Å². The molecule has 2 N–H and O–H groups in total. The molecular formula is C18H17BrN6O. The third kappa shape index (κ3) is 3.16. The van der Waals surface area contributed by atoms with Crippen LogP contribution < -0.4 is 5.73 Å². The van der Waals surface area contributed by atoms with Gasteiger partial charge in [-0.05, 0) is 40.8 Å². The van der Waals surface area contributed by atoms with Crippen molar-refractivity contribution in [2.24, 2.45) is 5.92 Å². The van der Waals surface area contributed by atoms with E-state index in [1.165, 1.54) is 6.20 Å². The Morgan fingerprint density at radius 3 is 2.88 bits per heavy atom. The number of nitriles is 1. The summed E-state index contributed by atoms with van der Waals surface area (Å²) in [5.41, 5.74) is 8.60. The fraction of sp³-hybridized carbons (Fsp3) is 0.333. The highest BCUT2D eigenvalue weighted by atomic mass is 79.9. The normalized spacial score (nSPS) is 15.2. The van der Waals surface area contributed by atoms with Crippen LogP contribution in [0.15, 0.2) is 29.3 Å². The monoisotopic (exact) mass is 412 g/mol. The van der Waals surface area contributed by atoms with Gasteiger partial charge in [0.05, 0.1) is 29.2 Å². The maximum Gasteiger partial charge on any atom is 0.220 e. The number of hydrogen-bond donors (Lipinski definition) is 1. The molecule has 0 spiro atoms. The number of rotatable bonds is 3. The molecular weight excluding hydrogens is 396 g/mol. The van der Waals surface area contributed by atoms with Gasteiger partial charge in [-0.15, -0.1) is 0 Å². The molecule has 0 aromatic carbocycles. The molecule has 0 atom stereocenters. The number of nitrogens with two attached hydrogens (primary N) is 1. The van der Waals surface area contributed by atoms with E-state index in [1.807, 2.05) is 18.5 Å². The summed E-state index contributed by atoms with van der Waals surface area (Å²) in [5.74, 6) is 0.708. The number of nitrogens with zero attached hydrogens (tertiary/aromatic N) is 5. The van der Waals surface area contributed by atoms with Crippen LogP contribution in [0.5, 0.6) is 0 Å². The Morgan fingerprint density at radius 1 is 1.31 bits per heavy atom. The van der Waals surface area contributed by atoms with Crippen molar-refractivity contribution in [1.82, 2.24) is 19.5 Å². The van der Waals surface area contributed by atoms with Gasteiger partial charge in [-0.3, -0.25) is 0 Å². The van der Waals surface area contributed by atoms with Crippen molar-refractivity contribution in [2.75, 3.05) is 18.9 Å². The average Bonchev–Trinajstić information content (AvgIpc) is 3.00. The van der Waals surface area contributed by atoms with E-state index in [4.69, 9.17) is 10.5 Å². The van der Waals surface area contributed by atoms with Crippen molar-refractivity contribution in [3.05, 3.63) is 34.8 Å². The number of aromatic nitrogens is 4. The molecule has 0 amide bonds. The molecule has 1 aliphatic rings. The molecule has 3 aromatic heterocycles. The van der Waals surface area contributed by atoms with Crippen molar-refractivity contribution in [3.8, 4) is 17.3 Å². The zero-order valence-electron chi connectivity index (χ0n) is 14.0. The number of fused-ring (bicyclic) bond motifs is 1. The van der Waals surface area contributed by atoms with Crippen molar-refractivity contribution in [3.63, 3.8) is 0 Å². The predicted molar refractivity (Wildman–Crippen MR) is 101 cm³/mol. The van der Waals surface area contributed by atoms with Gasteiger partial charge in [-0.1, -0.05) is 0 Å². The summed E-state index contributed by atoms with van der Waals surface area (Å²) in [6.45, 7) is 2.49. The molecule has 1 fully saturated rings. The van der Waals surface area contributed by atoms with Gasteiger partial charge in [0.1, 0.15) is 10.7 Å². The highest BCUT2D eigenvalue weighted by Crippen LogP contribution is 2.33. The zero-order valence-corrected chi connectivity index (χ0v) is 15.6. The zero-order chi connectivity index (χ0) is 18.1. The van der Waals surface area contributed by atoms with Crippen molar-refractivity contribution < 1.29 is 4.74 Å². The molecule has 0 bridgehead atoms. The van der Waals surface area contributed by atoms with E-state index < -0.39 is 0 Å². The highest BCUT2D eigenvalue weighted by Gasteiger charge is 2.20. The number of anilines is 1. The predicted octanol–water partition coefficient (Wildman–Crippen LogP) is 3.14. The Hall–Kier alpha value is -2.50. The lowest BCUT2D eigenvalue weighted by Gasteiger charge is -2.22. The summed E-state index contributed by atoms with van der Waals surface area (Å²) in [6.07, 6.45) is 7.44. The summed E-state index contributed by atoms with van der Waals surface area (Å²) in [7, 11) is 0. The van der Waals surface area contributed by atoms with Crippen LogP contribution in [0.2, 0.25) is 0 Å². The number of halogens is 1. The maximum atomic E-state index is 9.45. The lowest BCUT2D eigenvalue weighted by atomic mass is 10.0. The van der Waals surface area contributed by atoms with Crippen molar-refractivity contribution in [1.29, 1.82) is 5.26 Å². The van der Waals surface area contributed by atoms with Crippen molar-refractivity contribution >= 4 is 32.8 Å². The largest absolute Gasteiger partial charge is 0.381 e. The summed E-state index contributed by atoms with van der Waals surface area (Å²) in [4.78, 5) is 12.6. The van der Waals surface area contributed by atoms with Crippen molar-refractivity contribution in [2.45, 2.75) is 19.4 Å². The van der Waals surface area contributed by atoms with Crippen LogP contribution in [0, 0.1) is 17.2 Å². The van der Waals surface area contributed by atoms with E-state index in [9.17, 15) is 5.26 Å². The minimum absolute atomic E-state index is 0.150. The first kappa shape index (κ1) is 16.9. The van der Waals surface area contributed by atoms with Crippen LogP contribution in [0.25, 0.3) is 22.2 Å². The third-order valence-corrected chi connectivity index (χ3v) is 5.15. The molecule has 4 heterocycles. The molecule has 132 valence electrons. The van der Waals surface area contributed by atoms with Crippen LogP contribution in [0.4, 0.5) is 5.95 Å². The molecule has 0 radical (unpaired) electrons. The molecule has 8 heteroatoms. The SMILES string of the molecule is N#Cc1cnc(N)nc1-c1cn(CC2CCOCC2)c2cnc(Br)cc12. The second-order valence-corrected chi connectivity index (χ2v) is 7.19. The van der Waals surface area contributed by atoms with E-state index in [2.05, 4.69) is 41.5 Å². The second-order valence-electron chi connectivity index (χ2n) is 6.38. The summed E-state index contributed by atoms with van der Waals surface area (Å²) >= 11 is 3.44. The molecule has 0 unspecified atom stereocenters. The number of pyridine rings is 1. The minimum atomic E-state index is 0.150. The van der Waals surface area contributed by atoms with Gasteiger partial charge in [-0.2, -0.15) is 5.26 Å². The van der Waals surface area contributed by atoms with Crippen LogP contribution in [-0.4, -0.2) is 32.7 Å². The standard InChI is InChI=1S/C18H17BrN6O/c19-16-5-13-14(17-12(6-20)7-23-18(21)24-17)10-25(15(13)8-22-16)9-11-1-3-26-4-2-11/h5,7-8,10-11H,1-4,9H2,(H2,21,23,24). The fourth-order valence-corrected chi connectivity index (χ4v) is 3.72. The number of hydrogen-bond acceptors (Lipinski definition) is 6. The van der Waals surface area contributed by atoms with Gasteiger partial charge in [-0.25, -0.2) is 15.0 Å². The molecule has 1 aliphatic heterocycles. The lowest BCUT2D eigenvalue weighted by Crippen LogP contribution is -2.20. The van der Waals surface area contributed by atoms with E-state index in [1.54, 1.807) is 0 Å². The van der Waals surface area contributed by atoms with Crippen LogP contribution in [0.3, 0.4) is 0 Å². The summed E-state index contributed by atoms with van der Waals surface area (Å²) < 4.78 is 8.39. The first-order chi connectivity index (χ1) is 12.7. The maximum absolute atomic E-state index is 9.45. The van der Waals surface area contributed by atoms with E-state index >= 15 is 0 Å². The van der Waals surface area contributed by atoms with Gasteiger partial charge in [0, 0.05) is 36.9 Å². The quantitative estimate of drug-likeness (QED) is 0.662. The molecule has 0 aliphatic carbocycles. The van der Waals surface area contributed by atoms with E-state index in [-0.39, 0.29) is 5.95 Å². The van der Waals surface area contributed by atoms with Crippen LogP contribution >= 0.6 is 15.9 Å². The Kier molecular flexibility index (Phi) is 4.57. The number of nitrogen functional groups attached to an aromatic ring is 1. The van der Waals surface area contributed by atoms with Gasteiger partial charge >= 0.3 is 0 Å². The minimum Gasteiger partial charge on any atom is -0.381 e. The van der Waals surface area contributed by atoms with Gasteiger partial charge in [0.2, 0.25) is 5.95 Å². The molecule has 3 aromatic rings. The van der Waals surface area contributed by atoms with Gasteiger partial charge in [0.15, 0.2) is 0 Å². The third-order valence-electron chi connectivity index (χ3n) is 4.71. The average molecular weight is 413 g/mol. The lowest BCUT2D eigenvalue weighted by molar-refractivity contribution is 0.0616. The number of ether oxygens (including phenoxy) is 1. The van der Waals surface area contributed by atoms with Crippen LogP contribution in [0.1, 0.15) is 18.4 Å². The highest BCUT2D eigenvalue weighted by molar-refractivity contribution is 9.10. The molecule has 4 rings (SSSR count). The molecule has 1 saturated heterocycles. The second kappa shape index (κ2) is 7.02. The fourth-order valence-electron chi connectivity index (χ4n) is 3.39. The molecule has 0 saturated carbocycles. The molecule has 7 nitrogen and oxygen atoms in total. The van der Waals surface area contributed by atoms with E-state index in [0.717, 1.165) is 53.7 Å². The first-order valence-corrected chi connectivity index (χ1v) is 9.20. The smallest absolute Gasteiger partial charge is 0.220 e. The Balaban J connectivity index is 1.86. The Labute approximate surface area is 159 Å².